The molecule has 0 bridgehead atoms. The van der Waals surface area contributed by atoms with E-state index in [9.17, 15) is 8.42 Å². The Morgan fingerprint density at radius 3 is 2.60 bits per heavy atom. The van der Waals surface area contributed by atoms with Gasteiger partial charge in [0.1, 0.15) is 0 Å². The fraction of sp³-hybridized carbons (Fsp3) is 0.368. The second kappa shape index (κ2) is 7.66. The van der Waals surface area contributed by atoms with Crippen molar-refractivity contribution in [2.75, 3.05) is 33.8 Å². The molecule has 134 valence electrons. The summed E-state index contributed by atoms with van der Waals surface area (Å²) >= 11 is 0. The summed E-state index contributed by atoms with van der Waals surface area (Å²) in [6, 6.07) is 17.4. The number of sulfonamides is 1. The van der Waals surface area contributed by atoms with E-state index in [1.165, 1.54) is 9.87 Å². The fourth-order valence-corrected chi connectivity index (χ4v) is 3.96. The summed E-state index contributed by atoms with van der Waals surface area (Å²) in [6.45, 7) is 3.03. The number of ether oxygens (including phenoxy) is 1. The van der Waals surface area contributed by atoms with Gasteiger partial charge in [-0.2, -0.15) is 0 Å². The van der Waals surface area contributed by atoms with Crippen molar-refractivity contribution in [1.29, 1.82) is 0 Å². The zero-order valence-corrected chi connectivity index (χ0v) is 15.4. The molecule has 1 heterocycles. The van der Waals surface area contributed by atoms with E-state index in [1.807, 2.05) is 24.3 Å². The third-order valence-electron chi connectivity index (χ3n) is 4.41. The average Bonchev–Trinajstić information content (AvgIpc) is 2.63. The molecule has 0 aromatic heterocycles. The van der Waals surface area contributed by atoms with Crippen LogP contribution in [0.5, 0.6) is 0 Å². The Labute approximate surface area is 149 Å². The molecular formula is C19H24N2O3S. The fourth-order valence-electron chi connectivity index (χ4n) is 2.99. The first kappa shape index (κ1) is 18.1. The molecule has 1 saturated heterocycles. The summed E-state index contributed by atoms with van der Waals surface area (Å²) in [6.07, 6.45) is 0.0589. The molecule has 3 rings (SSSR count). The van der Waals surface area contributed by atoms with Crippen LogP contribution in [0, 0.1) is 0 Å². The number of hydrogen-bond donors (Lipinski definition) is 0. The lowest BCUT2D eigenvalue weighted by molar-refractivity contribution is -0.0329. The second-order valence-electron chi connectivity index (χ2n) is 6.44. The average molecular weight is 360 g/mol. The van der Waals surface area contributed by atoms with Crippen LogP contribution < -0.4 is 0 Å². The van der Waals surface area contributed by atoms with Gasteiger partial charge in [0.25, 0.3) is 0 Å². The number of nitrogens with zero attached hydrogens (tertiary/aromatic N) is 2. The first-order valence-corrected chi connectivity index (χ1v) is 9.81. The minimum absolute atomic E-state index is 0.0589. The maximum absolute atomic E-state index is 12.3. The van der Waals surface area contributed by atoms with E-state index in [0.29, 0.717) is 18.0 Å². The molecule has 1 aliphatic heterocycles. The van der Waals surface area contributed by atoms with Crippen LogP contribution in [0.25, 0.3) is 0 Å². The second-order valence-corrected chi connectivity index (χ2v) is 8.59. The van der Waals surface area contributed by atoms with Crippen molar-refractivity contribution < 1.29 is 13.2 Å². The van der Waals surface area contributed by atoms with Crippen molar-refractivity contribution >= 4 is 10.0 Å². The van der Waals surface area contributed by atoms with Gasteiger partial charge in [-0.15, -0.1) is 0 Å². The molecular weight excluding hydrogens is 336 g/mol. The van der Waals surface area contributed by atoms with E-state index in [-0.39, 0.29) is 6.10 Å². The van der Waals surface area contributed by atoms with Crippen LogP contribution in [0.2, 0.25) is 0 Å². The molecule has 0 spiro atoms. The Morgan fingerprint density at radius 1 is 1.12 bits per heavy atom. The van der Waals surface area contributed by atoms with Crippen molar-refractivity contribution in [3.8, 4) is 0 Å². The topological polar surface area (TPSA) is 49.9 Å². The van der Waals surface area contributed by atoms with Crippen LogP contribution in [0.15, 0.2) is 59.5 Å². The van der Waals surface area contributed by atoms with Crippen molar-refractivity contribution in [1.82, 2.24) is 9.21 Å². The third-order valence-corrected chi connectivity index (χ3v) is 6.22. The molecule has 0 N–H and O–H groups in total. The van der Waals surface area contributed by atoms with Crippen molar-refractivity contribution in [2.45, 2.75) is 17.5 Å². The Hall–Kier alpha value is -1.73. The molecule has 0 saturated carbocycles. The predicted molar refractivity (Wildman–Crippen MR) is 97.7 cm³/mol. The van der Waals surface area contributed by atoms with Crippen LogP contribution in [-0.4, -0.2) is 51.4 Å². The molecule has 25 heavy (non-hydrogen) atoms. The Morgan fingerprint density at radius 2 is 1.88 bits per heavy atom. The molecule has 0 amide bonds. The van der Waals surface area contributed by atoms with Gasteiger partial charge in [-0.25, -0.2) is 12.7 Å². The van der Waals surface area contributed by atoms with Crippen LogP contribution in [0.3, 0.4) is 0 Å². The van der Waals surface area contributed by atoms with Gasteiger partial charge in [0.05, 0.1) is 17.6 Å². The van der Waals surface area contributed by atoms with Gasteiger partial charge in [-0.3, -0.25) is 4.90 Å². The smallest absolute Gasteiger partial charge is 0.242 e. The highest BCUT2D eigenvalue weighted by Gasteiger charge is 2.23. The minimum Gasteiger partial charge on any atom is -0.371 e. The van der Waals surface area contributed by atoms with Crippen molar-refractivity contribution in [3.05, 3.63) is 65.7 Å². The van der Waals surface area contributed by atoms with E-state index in [4.69, 9.17) is 4.74 Å². The van der Waals surface area contributed by atoms with Gasteiger partial charge in [-0.05, 0) is 23.3 Å². The highest BCUT2D eigenvalue weighted by molar-refractivity contribution is 7.89. The maximum Gasteiger partial charge on any atom is 0.242 e. The van der Waals surface area contributed by atoms with E-state index in [2.05, 4.69) is 17.0 Å². The summed E-state index contributed by atoms with van der Waals surface area (Å²) in [7, 11) is -0.304. The van der Waals surface area contributed by atoms with Gasteiger partial charge < -0.3 is 4.74 Å². The van der Waals surface area contributed by atoms with Gasteiger partial charge >= 0.3 is 0 Å². The van der Waals surface area contributed by atoms with E-state index < -0.39 is 10.0 Å². The predicted octanol–water partition coefficient (Wildman–Crippen LogP) is 2.51. The monoisotopic (exact) mass is 360 g/mol. The zero-order valence-electron chi connectivity index (χ0n) is 14.6. The first-order valence-electron chi connectivity index (χ1n) is 8.37. The lowest BCUT2D eigenvalue weighted by Crippen LogP contribution is -2.37. The number of benzene rings is 2. The Balaban J connectivity index is 1.72. The van der Waals surface area contributed by atoms with Crippen LogP contribution in [0.4, 0.5) is 0 Å². The summed E-state index contributed by atoms with van der Waals surface area (Å²) in [4.78, 5) is 2.64. The lowest BCUT2D eigenvalue weighted by atomic mass is 10.1. The van der Waals surface area contributed by atoms with Gasteiger partial charge in [0, 0.05) is 33.7 Å². The Kier molecular flexibility index (Phi) is 5.54. The molecule has 1 fully saturated rings. The summed E-state index contributed by atoms with van der Waals surface area (Å²) < 4.78 is 31.8. The maximum atomic E-state index is 12.3. The van der Waals surface area contributed by atoms with Crippen molar-refractivity contribution in [3.63, 3.8) is 0 Å². The molecule has 0 aliphatic carbocycles. The molecule has 2 aromatic rings. The van der Waals surface area contributed by atoms with E-state index in [0.717, 1.165) is 18.7 Å². The van der Waals surface area contributed by atoms with Crippen molar-refractivity contribution in [2.24, 2.45) is 0 Å². The van der Waals surface area contributed by atoms with Gasteiger partial charge in [-0.1, -0.05) is 42.5 Å². The zero-order chi connectivity index (χ0) is 17.9. The SMILES string of the molecule is CN(C)S(=O)(=O)c1cccc(CN2CCOC(c3ccccc3)C2)c1. The molecule has 2 aromatic carbocycles. The van der Waals surface area contributed by atoms with Crippen LogP contribution in [-0.2, 0) is 21.3 Å². The normalized spacial score (nSPS) is 19.2. The molecule has 5 nitrogen and oxygen atoms in total. The first-order chi connectivity index (χ1) is 12.0. The van der Waals surface area contributed by atoms with E-state index >= 15 is 0 Å². The molecule has 1 atom stereocenters. The van der Waals surface area contributed by atoms with Gasteiger partial charge in [0.15, 0.2) is 0 Å². The Bertz CT molecular complexity index is 806. The standard InChI is InChI=1S/C19H24N2O3S/c1-20(2)25(22,23)18-10-6-7-16(13-18)14-21-11-12-24-19(15-21)17-8-4-3-5-9-17/h3-10,13,19H,11-12,14-15H2,1-2H3. The number of rotatable bonds is 5. The van der Waals surface area contributed by atoms with E-state index in [1.54, 1.807) is 32.3 Å². The molecule has 1 unspecified atom stereocenters. The minimum atomic E-state index is -3.40. The number of morpholine rings is 1. The quantitative estimate of drug-likeness (QED) is 0.822. The third kappa shape index (κ3) is 4.27. The van der Waals surface area contributed by atoms with Crippen LogP contribution >= 0.6 is 0 Å². The summed E-state index contributed by atoms with van der Waals surface area (Å²) in [5, 5.41) is 0. The van der Waals surface area contributed by atoms with Crippen LogP contribution in [0.1, 0.15) is 17.2 Å². The summed E-state index contributed by atoms with van der Waals surface area (Å²) in [5.74, 6) is 0. The highest BCUT2D eigenvalue weighted by atomic mass is 32.2. The largest absolute Gasteiger partial charge is 0.371 e. The number of hydrogen-bond acceptors (Lipinski definition) is 4. The lowest BCUT2D eigenvalue weighted by Gasteiger charge is -2.33. The molecule has 0 radical (unpaired) electrons. The summed E-state index contributed by atoms with van der Waals surface area (Å²) in [5.41, 5.74) is 2.17. The molecule has 1 aliphatic rings. The highest BCUT2D eigenvalue weighted by Crippen LogP contribution is 2.23. The molecule has 6 heteroatoms. The van der Waals surface area contributed by atoms with Gasteiger partial charge in [0.2, 0.25) is 10.0 Å².